The highest BCUT2D eigenvalue weighted by molar-refractivity contribution is 5.81. The van der Waals surface area contributed by atoms with Crippen molar-refractivity contribution in [2.75, 3.05) is 26.7 Å². The molecule has 2 aromatic carbocycles. The van der Waals surface area contributed by atoms with Crippen molar-refractivity contribution >= 4 is 16.6 Å². The number of para-hydroxylation sites is 1. The molecule has 0 radical (unpaired) electrons. The van der Waals surface area contributed by atoms with Gasteiger partial charge in [0.15, 0.2) is 0 Å². The summed E-state index contributed by atoms with van der Waals surface area (Å²) in [5, 5.41) is 11.5. The number of aromatic nitrogens is 2. The third-order valence-electron chi connectivity index (χ3n) is 7.75. The molecule has 0 amide bonds. The van der Waals surface area contributed by atoms with Gasteiger partial charge in [-0.3, -0.25) is 0 Å². The molecule has 6 rings (SSSR count). The van der Waals surface area contributed by atoms with Crippen molar-refractivity contribution in [2.45, 2.75) is 51.0 Å². The molecule has 1 fully saturated rings. The van der Waals surface area contributed by atoms with Crippen molar-refractivity contribution in [2.24, 2.45) is 11.8 Å². The minimum Gasteiger partial charge on any atom is -0.492 e. The zero-order valence-corrected chi connectivity index (χ0v) is 20.5. The number of imidazole rings is 1. The lowest BCUT2D eigenvalue weighted by molar-refractivity contribution is -0.0574. The van der Waals surface area contributed by atoms with Crippen LogP contribution in [0.2, 0.25) is 0 Å². The first kappa shape index (κ1) is 23.1. The van der Waals surface area contributed by atoms with Crippen LogP contribution < -0.4 is 4.74 Å². The lowest BCUT2D eigenvalue weighted by atomic mass is 9.61. The van der Waals surface area contributed by atoms with Crippen molar-refractivity contribution < 1.29 is 9.84 Å². The van der Waals surface area contributed by atoms with Gasteiger partial charge in [0.05, 0.1) is 17.7 Å². The Balaban J connectivity index is 1.13. The van der Waals surface area contributed by atoms with Gasteiger partial charge in [-0.15, -0.1) is 0 Å². The van der Waals surface area contributed by atoms with Crippen LogP contribution in [0.1, 0.15) is 50.4 Å². The first-order chi connectivity index (χ1) is 16.6. The Morgan fingerprint density at radius 2 is 1.97 bits per heavy atom. The van der Waals surface area contributed by atoms with Crippen LogP contribution in [0.4, 0.5) is 0 Å². The van der Waals surface area contributed by atoms with Crippen LogP contribution in [0.3, 0.4) is 0 Å². The van der Waals surface area contributed by atoms with Gasteiger partial charge in [-0.25, -0.2) is 4.98 Å². The van der Waals surface area contributed by atoms with E-state index in [1.165, 1.54) is 17.6 Å². The lowest BCUT2D eigenvalue weighted by Crippen LogP contribution is -2.48. The summed E-state index contributed by atoms with van der Waals surface area (Å²) in [7, 11) is 2.17. The molecule has 180 valence electrons. The average molecular weight is 460 g/mol. The maximum absolute atomic E-state index is 11.5. The summed E-state index contributed by atoms with van der Waals surface area (Å²) in [6.07, 6.45) is 8.36. The van der Waals surface area contributed by atoms with Gasteiger partial charge in [-0.1, -0.05) is 42.5 Å². The van der Waals surface area contributed by atoms with Gasteiger partial charge < -0.3 is 19.7 Å². The van der Waals surface area contributed by atoms with Gasteiger partial charge in [0.25, 0.3) is 0 Å². The smallest absolute Gasteiger partial charge is 0.147 e. The number of rotatable bonds is 10. The van der Waals surface area contributed by atoms with E-state index >= 15 is 0 Å². The number of hydrogen-bond donors (Lipinski definition) is 2. The molecule has 1 aromatic heterocycles. The van der Waals surface area contributed by atoms with E-state index in [4.69, 9.17) is 9.72 Å². The molecular formula is C29H37N3O2. The predicted molar refractivity (Wildman–Crippen MR) is 138 cm³/mol. The molecule has 3 aliphatic rings. The summed E-state index contributed by atoms with van der Waals surface area (Å²) in [6.45, 7) is 4.55. The second-order valence-corrected chi connectivity index (χ2v) is 10.1. The number of aliphatic hydroxyl groups is 1. The summed E-state index contributed by atoms with van der Waals surface area (Å²) >= 11 is 0. The molecule has 2 bridgehead atoms. The summed E-state index contributed by atoms with van der Waals surface area (Å²) < 4.78 is 5.71. The monoisotopic (exact) mass is 459 g/mol. The molecule has 1 saturated carbocycles. The second-order valence-electron chi connectivity index (χ2n) is 10.1. The molecule has 3 atom stereocenters. The maximum atomic E-state index is 11.5. The van der Waals surface area contributed by atoms with Crippen molar-refractivity contribution in [3.05, 3.63) is 66.0 Å². The molecule has 0 spiro atoms. The van der Waals surface area contributed by atoms with E-state index in [1.54, 1.807) is 0 Å². The molecule has 5 nitrogen and oxygen atoms in total. The number of allylic oxidation sites excluding steroid dienone is 1. The second kappa shape index (κ2) is 9.93. The van der Waals surface area contributed by atoms with Gasteiger partial charge in [0, 0.05) is 18.9 Å². The number of fused-ring (bicyclic) bond motifs is 3. The SMILES string of the molecule is CCOc1cccc2[nH]c(CCCN(C)CC[C@]3(O)C[C@H]4CC[C@@H]3C=C4c3ccccc3)nc12. The number of aryl methyl sites for hydroxylation is 1. The van der Waals surface area contributed by atoms with E-state index in [0.29, 0.717) is 12.5 Å². The Labute approximate surface area is 202 Å². The number of nitrogens with zero attached hydrogens (tertiary/aromatic N) is 2. The third-order valence-corrected chi connectivity index (χ3v) is 7.75. The van der Waals surface area contributed by atoms with Crippen LogP contribution in [0.5, 0.6) is 5.75 Å². The highest BCUT2D eigenvalue weighted by Gasteiger charge is 2.46. The molecule has 5 heteroatoms. The van der Waals surface area contributed by atoms with Crippen LogP contribution >= 0.6 is 0 Å². The molecule has 1 heterocycles. The standard InChI is InChI=1S/C29H37N3O2/c1-3-34-26-12-7-11-25-28(26)31-27(30-25)13-8-17-32(2)18-16-29(33)20-22-14-15-23(29)19-24(22)21-9-5-4-6-10-21/h4-7,9-12,19,22-23,33H,3,8,13-18,20H2,1-2H3,(H,30,31)/t22-,23-,29+/m1/s1. The van der Waals surface area contributed by atoms with Crippen molar-refractivity contribution in [3.63, 3.8) is 0 Å². The number of hydrogen-bond acceptors (Lipinski definition) is 4. The minimum absolute atomic E-state index is 0.274. The van der Waals surface area contributed by atoms with Gasteiger partial charge in [-0.05, 0) is 81.8 Å². The van der Waals surface area contributed by atoms with E-state index in [1.807, 2.05) is 19.1 Å². The topological polar surface area (TPSA) is 61.4 Å². The average Bonchev–Trinajstić information content (AvgIpc) is 3.28. The molecule has 3 aliphatic carbocycles. The fraction of sp³-hybridized carbons (Fsp3) is 0.483. The molecule has 0 unspecified atom stereocenters. The minimum atomic E-state index is -0.566. The van der Waals surface area contributed by atoms with Crippen molar-refractivity contribution in [3.8, 4) is 5.75 Å². The fourth-order valence-corrected chi connectivity index (χ4v) is 5.90. The van der Waals surface area contributed by atoms with E-state index < -0.39 is 5.60 Å². The zero-order chi connectivity index (χ0) is 23.5. The quantitative estimate of drug-likeness (QED) is 0.423. The third kappa shape index (κ3) is 4.77. The molecule has 2 N–H and O–H groups in total. The molecule has 3 aromatic rings. The Bertz CT molecular complexity index is 1140. The first-order valence-electron chi connectivity index (χ1n) is 12.8. The Morgan fingerprint density at radius 3 is 2.74 bits per heavy atom. The Morgan fingerprint density at radius 1 is 1.12 bits per heavy atom. The first-order valence-corrected chi connectivity index (χ1v) is 12.8. The molecule has 0 saturated heterocycles. The number of H-pyrrole nitrogens is 1. The number of benzene rings is 2. The van der Waals surface area contributed by atoms with Crippen molar-refractivity contribution in [1.82, 2.24) is 14.9 Å². The molecule has 34 heavy (non-hydrogen) atoms. The van der Waals surface area contributed by atoms with E-state index in [0.717, 1.165) is 67.8 Å². The number of aromatic amines is 1. The number of nitrogens with one attached hydrogen (secondary N) is 1. The highest BCUT2D eigenvalue weighted by Crippen LogP contribution is 2.51. The summed E-state index contributed by atoms with van der Waals surface area (Å²) in [5.41, 5.74) is 4.17. The normalized spacial score (nSPS) is 24.1. The van der Waals surface area contributed by atoms with Crippen LogP contribution in [0.25, 0.3) is 16.6 Å². The predicted octanol–water partition coefficient (Wildman–Crippen LogP) is 5.46. The van der Waals surface area contributed by atoms with Crippen LogP contribution in [-0.2, 0) is 6.42 Å². The summed E-state index contributed by atoms with van der Waals surface area (Å²) in [5.74, 6) is 2.62. The lowest BCUT2D eigenvalue weighted by Gasteiger charge is -2.48. The van der Waals surface area contributed by atoms with Crippen LogP contribution in [-0.4, -0.2) is 52.3 Å². The van der Waals surface area contributed by atoms with Gasteiger partial charge >= 0.3 is 0 Å². The Kier molecular flexibility index (Phi) is 6.75. The Hall–Kier alpha value is -2.63. The maximum Gasteiger partial charge on any atom is 0.147 e. The fourth-order valence-electron chi connectivity index (χ4n) is 5.90. The summed E-state index contributed by atoms with van der Waals surface area (Å²) in [6, 6.07) is 16.7. The zero-order valence-electron chi connectivity index (χ0n) is 20.5. The van der Waals surface area contributed by atoms with Crippen LogP contribution in [0, 0.1) is 11.8 Å². The summed E-state index contributed by atoms with van der Waals surface area (Å²) in [4.78, 5) is 10.6. The molecule has 0 aliphatic heterocycles. The van der Waals surface area contributed by atoms with E-state index in [9.17, 15) is 5.11 Å². The highest BCUT2D eigenvalue weighted by atomic mass is 16.5. The van der Waals surface area contributed by atoms with Gasteiger partial charge in [0.1, 0.15) is 17.1 Å². The largest absolute Gasteiger partial charge is 0.492 e. The van der Waals surface area contributed by atoms with E-state index in [2.05, 4.69) is 59.4 Å². The van der Waals surface area contributed by atoms with Crippen molar-refractivity contribution in [1.29, 1.82) is 0 Å². The van der Waals surface area contributed by atoms with Crippen LogP contribution in [0.15, 0.2) is 54.6 Å². The molecular weight excluding hydrogens is 422 g/mol. The van der Waals surface area contributed by atoms with Gasteiger partial charge in [0.2, 0.25) is 0 Å². The number of ether oxygens (including phenoxy) is 1. The van der Waals surface area contributed by atoms with E-state index in [-0.39, 0.29) is 5.92 Å². The van der Waals surface area contributed by atoms with Gasteiger partial charge in [-0.2, -0.15) is 0 Å².